The maximum Gasteiger partial charge on any atom is 0.302 e. The van der Waals surface area contributed by atoms with E-state index in [2.05, 4.69) is 38.6 Å². The van der Waals surface area contributed by atoms with Gasteiger partial charge in [-0.1, -0.05) is 0 Å². The van der Waals surface area contributed by atoms with Crippen LogP contribution in [0.1, 0.15) is 54.0 Å². The summed E-state index contributed by atoms with van der Waals surface area (Å²) < 4.78 is 24.6. The van der Waals surface area contributed by atoms with Crippen molar-refractivity contribution >= 4 is 34.8 Å². The zero-order valence-electron chi connectivity index (χ0n) is 28.5. The zero-order chi connectivity index (χ0) is 34.4. The van der Waals surface area contributed by atoms with Crippen LogP contribution in [0.4, 0.5) is 27.3 Å². The largest absolute Gasteiger partial charge is 0.461 e. The topological polar surface area (TPSA) is 105 Å². The van der Waals surface area contributed by atoms with Crippen LogP contribution in [0, 0.1) is 5.82 Å². The summed E-state index contributed by atoms with van der Waals surface area (Å²) in [5.41, 5.74) is 5.72. The summed E-state index contributed by atoms with van der Waals surface area (Å²) in [5.74, 6) is -0.784. The number of hydrogen-bond acceptors (Lipinski definition) is 8. The highest BCUT2D eigenvalue weighted by molar-refractivity contribution is 6.07. The summed E-state index contributed by atoms with van der Waals surface area (Å²) in [6.45, 7) is 7.08. The highest BCUT2D eigenvalue weighted by atomic mass is 19.1. The van der Waals surface area contributed by atoms with Crippen molar-refractivity contribution in [1.29, 1.82) is 0 Å². The molecule has 1 fully saturated rings. The first-order valence-electron chi connectivity index (χ1n) is 17.0. The average Bonchev–Trinajstić information content (AvgIpc) is 3.46. The fraction of sp³-hybridized carbons (Fsp3) is 0.405. The fourth-order valence-electron chi connectivity index (χ4n) is 7.55. The highest BCUT2D eigenvalue weighted by Gasteiger charge is 2.32. The Morgan fingerprint density at radius 2 is 1.86 bits per heavy atom. The van der Waals surface area contributed by atoms with Gasteiger partial charge in [-0.15, -0.1) is 0 Å². The van der Waals surface area contributed by atoms with Crippen molar-refractivity contribution in [2.45, 2.75) is 58.7 Å². The average molecular weight is 668 g/mol. The molecule has 0 radical (unpaired) electrons. The van der Waals surface area contributed by atoms with E-state index in [9.17, 15) is 14.4 Å². The summed E-state index contributed by atoms with van der Waals surface area (Å²) in [4.78, 5) is 50.2. The molecule has 0 spiro atoms. The monoisotopic (exact) mass is 667 g/mol. The van der Waals surface area contributed by atoms with Crippen LogP contribution in [0.2, 0.25) is 0 Å². The van der Waals surface area contributed by atoms with Gasteiger partial charge < -0.3 is 33.9 Å². The van der Waals surface area contributed by atoms with E-state index in [4.69, 9.17) is 4.74 Å². The molecule has 3 aromatic heterocycles. The number of anilines is 4. The molecule has 11 nitrogen and oxygen atoms in total. The van der Waals surface area contributed by atoms with Crippen molar-refractivity contribution in [3.63, 3.8) is 0 Å². The Labute approximate surface area is 284 Å². The molecule has 1 amide bonds. The number of hydrogen-bond donors (Lipinski definition) is 1. The van der Waals surface area contributed by atoms with Crippen molar-refractivity contribution in [1.82, 2.24) is 19.0 Å². The molecular formula is C37H42FN7O4. The normalized spacial score (nSPS) is 17.9. The van der Waals surface area contributed by atoms with Gasteiger partial charge in [0.2, 0.25) is 0 Å². The molecule has 49 heavy (non-hydrogen) atoms. The van der Waals surface area contributed by atoms with Gasteiger partial charge >= 0.3 is 5.97 Å². The van der Waals surface area contributed by atoms with Gasteiger partial charge in [0.05, 0.1) is 17.6 Å². The Balaban J connectivity index is 1.24. The first-order chi connectivity index (χ1) is 23.6. The molecule has 2 aliphatic heterocycles. The number of carbonyl (C=O) groups excluding carboxylic acids is 2. The van der Waals surface area contributed by atoms with Crippen LogP contribution in [-0.4, -0.2) is 70.2 Å². The molecule has 1 atom stereocenters. The summed E-state index contributed by atoms with van der Waals surface area (Å²) in [6.07, 6.45) is 7.51. The van der Waals surface area contributed by atoms with Gasteiger partial charge in [0, 0.05) is 75.8 Å². The molecule has 1 saturated heterocycles. The number of carbonyl (C=O) groups is 2. The summed E-state index contributed by atoms with van der Waals surface area (Å²) in [6, 6.07) is 10.5. The number of likely N-dealkylation sites (N-methyl/N-ethyl adjacent to an activating group) is 1. The Hall–Kier alpha value is -4.97. The Morgan fingerprint density at radius 3 is 2.61 bits per heavy atom. The standard InChI is InChI=1S/C37H42FN7O4/c1-23-20-41(3)11-12-43(23)28-9-10-35(39-19-28)40-31-15-26(21-42(4)36(31)47)29-17-27(38)18-33(30(29)22-49-24(2)46)45-14-13-44-32-8-6-5-7-25(32)16-34(44)37(45)48/h9-10,15-19,21,23H,5-8,11-14,20,22H2,1-4H3,(H,39,40). The molecule has 0 saturated carbocycles. The number of nitrogens with one attached hydrogen (secondary N) is 1. The van der Waals surface area contributed by atoms with Crippen LogP contribution in [0.25, 0.3) is 11.1 Å². The SMILES string of the molecule is CC(=O)OCc1c(-c2cc(Nc3ccc(N4CCN(C)CC4C)cn3)c(=O)n(C)c2)cc(F)cc1N1CCn2c(cc3c2CCCC3)C1=O. The predicted molar refractivity (Wildman–Crippen MR) is 187 cm³/mol. The number of esters is 1. The van der Waals surface area contributed by atoms with Crippen LogP contribution in [0.3, 0.4) is 0 Å². The van der Waals surface area contributed by atoms with Gasteiger partial charge in [0.15, 0.2) is 0 Å². The molecule has 5 heterocycles. The van der Waals surface area contributed by atoms with Crippen LogP contribution in [-0.2, 0) is 42.6 Å². The fourth-order valence-corrected chi connectivity index (χ4v) is 7.55. The quantitative estimate of drug-likeness (QED) is 0.279. The molecule has 1 aliphatic carbocycles. The van der Waals surface area contributed by atoms with Crippen LogP contribution in [0.15, 0.2) is 53.6 Å². The van der Waals surface area contributed by atoms with Crippen molar-refractivity contribution < 1.29 is 18.7 Å². The highest BCUT2D eigenvalue weighted by Crippen LogP contribution is 2.37. The van der Waals surface area contributed by atoms with Crippen LogP contribution < -0.4 is 20.7 Å². The molecule has 0 bridgehead atoms. The number of nitrogens with zero attached hydrogens (tertiary/aromatic N) is 6. The second-order valence-corrected chi connectivity index (χ2v) is 13.4. The third-order valence-corrected chi connectivity index (χ3v) is 9.99. The zero-order valence-corrected chi connectivity index (χ0v) is 28.5. The molecule has 1 unspecified atom stereocenters. The van der Waals surface area contributed by atoms with Crippen molar-refractivity contribution in [2.24, 2.45) is 7.05 Å². The number of rotatable bonds is 7. The van der Waals surface area contributed by atoms with Gasteiger partial charge in [0.1, 0.15) is 29.6 Å². The number of benzene rings is 1. The first kappa shape index (κ1) is 32.6. The van der Waals surface area contributed by atoms with Crippen molar-refractivity contribution in [3.05, 3.63) is 87.5 Å². The lowest BCUT2D eigenvalue weighted by Crippen LogP contribution is -2.50. The van der Waals surface area contributed by atoms with Gasteiger partial charge in [-0.25, -0.2) is 9.37 Å². The second kappa shape index (κ2) is 13.1. The number of fused-ring (bicyclic) bond motifs is 3. The predicted octanol–water partition coefficient (Wildman–Crippen LogP) is 4.87. The van der Waals surface area contributed by atoms with Gasteiger partial charge in [-0.05, 0) is 87.2 Å². The number of amides is 1. The molecule has 4 aromatic rings. The lowest BCUT2D eigenvalue weighted by atomic mass is 9.97. The Bertz CT molecular complexity index is 1990. The minimum absolute atomic E-state index is 0.180. The number of aryl methyl sites for hydroxylation is 2. The van der Waals surface area contributed by atoms with E-state index in [1.807, 2.05) is 18.2 Å². The Morgan fingerprint density at radius 1 is 1.04 bits per heavy atom. The number of aromatic nitrogens is 3. The van der Waals surface area contributed by atoms with E-state index in [0.29, 0.717) is 53.0 Å². The lowest BCUT2D eigenvalue weighted by molar-refractivity contribution is -0.142. The van der Waals surface area contributed by atoms with E-state index in [0.717, 1.165) is 51.0 Å². The van der Waals surface area contributed by atoms with Gasteiger partial charge in [-0.3, -0.25) is 14.4 Å². The maximum atomic E-state index is 15.6. The van der Waals surface area contributed by atoms with Crippen molar-refractivity contribution in [2.75, 3.05) is 48.3 Å². The molecular weight excluding hydrogens is 625 g/mol. The maximum absolute atomic E-state index is 15.6. The minimum atomic E-state index is -0.552. The number of piperazine rings is 1. The van der Waals surface area contributed by atoms with E-state index in [-0.39, 0.29) is 23.8 Å². The number of pyridine rings is 2. The summed E-state index contributed by atoms with van der Waals surface area (Å²) >= 11 is 0. The molecule has 1 N–H and O–H groups in total. The lowest BCUT2D eigenvalue weighted by Gasteiger charge is -2.39. The van der Waals surface area contributed by atoms with Gasteiger partial charge in [-0.2, -0.15) is 0 Å². The van der Waals surface area contributed by atoms with E-state index < -0.39 is 11.8 Å². The smallest absolute Gasteiger partial charge is 0.302 e. The summed E-state index contributed by atoms with van der Waals surface area (Å²) in [5, 5.41) is 3.16. The Kier molecular flexibility index (Phi) is 8.74. The second-order valence-electron chi connectivity index (χ2n) is 13.4. The molecule has 3 aliphatic rings. The number of ether oxygens (including phenoxy) is 1. The van der Waals surface area contributed by atoms with Crippen LogP contribution >= 0.6 is 0 Å². The minimum Gasteiger partial charge on any atom is -0.461 e. The number of halogens is 1. The molecule has 1 aromatic carbocycles. The third kappa shape index (κ3) is 6.32. The third-order valence-electron chi connectivity index (χ3n) is 9.99. The molecule has 12 heteroatoms. The van der Waals surface area contributed by atoms with E-state index in [1.165, 1.54) is 34.9 Å². The van der Waals surface area contributed by atoms with E-state index in [1.54, 1.807) is 30.4 Å². The molecule has 256 valence electrons. The van der Waals surface area contributed by atoms with Gasteiger partial charge in [0.25, 0.3) is 11.5 Å². The van der Waals surface area contributed by atoms with Crippen molar-refractivity contribution in [3.8, 4) is 11.1 Å². The molecule has 7 rings (SSSR count). The summed E-state index contributed by atoms with van der Waals surface area (Å²) in [7, 11) is 3.74. The van der Waals surface area contributed by atoms with Crippen LogP contribution in [0.5, 0.6) is 0 Å². The van der Waals surface area contributed by atoms with E-state index >= 15 is 4.39 Å². The first-order valence-corrected chi connectivity index (χ1v) is 17.0.